The zero-order valence-electron chi connectivity index (χ0n) is 19.7. The second kappa shape index (κ2) is 6.91. The number of nitrogens with zero attached hydrogens (tertiary/aromatic N) is 6. The molecule has 5 heterocycles. The van der Waals surface area contributed by atoms with E-state index in [-0.39, 0.29) is 0 Å². The van der Waals surface area contributed by atoms with Crippen molar-refractivity contribution in [3.63, 3.8) is 0 Å². The third kappa shape index (κ3) is 2.90. The van der Waals surface area contributed by atoms with Crippen LogP contribution in [0.25, 0.3) is 44.9 Å². The molecule has 2 aliphatic rings. The molecule has 0 atom stereocenters. The molecule has 2 N–H and O–H groups in total. The molecule has 0 aliphatic carbocycles. The first kappa shape index (κ1) is 20.2. The summed E-state index contributed by atoms with van der Waals surface area (Å²) in [6.45, 7) is 16.3. The number of H-pyrrole nitrogens is 2. The van der Waals surface area contributed by atoms with E-state index >= 15 is 0 Å². The van der Waals surface area contributed by atoms with Gasteiger partial charge in [-0.25, -0.2) is 29.9 Å². The van der Waals surface area contributed by atoms with E-state index in [1.807, 2.05) is 55.4 Å². The largest absolute Gasteiger partial charge is 0.324 e. The molecule has 5 rings (SSSR count). The van der Waals surface area contributed by atoms with E-state index < -0.39 is 0 Å². The molecular formula is C24H26N8. The molecular weight excluding hydrogens is 400 g/mol. The quantitative estimate of drug-likeness (QED) is 0.522. The molecule has 32 heavy (non-hydrogen) atoms. The van der Waals surface area contributed by atoms with E-state index in [9.17, 15) is 0 Å². The lowest BCUT2D eigenvalue weighted by molar-refractivity contribution is 1.05. The van der Waals surface area contributed by atoms with Gasteiger partial charge in [-0.15, -0.1) is 0 Å². The summed E-state index contributed by atoms with van der Waals surface area (Å²) >= 11 is 0. The second-order valence-electron chi connectivity index (χ2n) is 8.61. The predicted octanol–water partition coefficient (Wildman–Crippen LogP) is 5.03. The molecule has 8 nitrogen and oxygen atoms in total. The van der Waals surface area contributed by atoms with Gasteiger partial charge in [-0.1, -0.05) is 0 Å². The molecule has 0 unspecified atom stereocenters. The van der Waals surface area contributed by atoms with Crippen molar-refractivity contribution in [3.8, 4) is 0 Å². The smallest absolute Gasteiger partial charge is 0.160 e. The fraction of sp³-hybridized carbons (Fsp3) is 0.333. The lowest BCUT2D eigenvalue weighted by Crippen LogP contribution is -1.91. The molecule has 0 aromatic carbocycles. The van der Waals surface area contributed by atoms with Gasteiger partial charge in [-0.3, -0.25) is 0 Å². The SMILES string of the molecule is CC1=C(C)c2nc1nc1nc(nc3[nH]c(nc4[nH]c(n2)c(C)c4C)c(C)c3C)C(C)=C1C. The number of allylic oxidation sites excluding steroid dienone is 4. The molecule has 0 saturated carbocycles. The zero-order chi connectivity index (χ0) is 22.9. The standard InChI is InChI=1S/C24H26N8/c1-9-10(2)18-25-17(9)29-19-11(3)12(4)21(26-19)31-23-15(7)16(8)24(28-23)32-22-14(6)13(5)20(27-22)30-18/h1-8H3,(H2,25,26,27,28,29,30,31,32). The van der Waals surface area contributed by atoms with Crippen molar-refractivity contribution in [1.82, 2.24) is 39.9 Å². The number of aromatic amines is 2. The van der Waals surface area contributed by atoms with Crippen LogP contribution in [0.2, 0.25) is 0 Å². The van der Waals surface area contributed by atoms with Crippen molar-refractivity contribution in [3.05, 3.63) is 45.6 Å². The summed E-state index contributed by atoms with van der Waals surface area (Å²) in [4.78, 5) is 35.5. The molecule has 3 aromatic heterocycles. The predicted molar refractivity (Wildman–Crippen MR) is 127 cm³/mol. The Morgan fingerprint density at radius 2 is 0.594 bits per heavy atom. The first-order chi connectivity index (χ1) is 15.2. The number of fused-ring (bicyclic) bond motifs is 8. The second-order valence-corrected chi connectivity index (χ2v) is 8.61. The Bertz CT molecular complexity index is 1430. The summed E-state index contributed by atoms with van der Waals surface area (Å²) < 4.78 is 0. The Kier molecular flexibility index (Phi) is 4.37. The van der Waals surface area contributed by atoms with Gasteiger partial charge >= 0.3 is 0 Å². The van der Waals surface area contributed by atoms with Gasteiger partial charge < -0.3 is 9.97 Å². The van der Waals surface area contributed by atoms with Crippen molar-refractivity contribution in [2.24, 2.45) is 0 Å². The summed E-state index contributed by atoms with van der Waals surface area (Å²) in [6, 6.07) is 0. The molecule has 8 bridgehead atoms. The van der Waals surface area contributed by atoms with Gasteiger partial charge in [0.05, 0.1) is 0 Å². The number of nitrogens with one attached hydrogen (secondary N) is 2. The summed E-state index contributed by atoms with van der Waals surface area (Å²) in [5, 5.41) is 0. The van der Waals surface area contributed by atoms with Gasteiger partial charge in [-0.2, -0.15) is 0 Å². The van der Waals surface area contributed by atoms with Crippen molar-refractivity contribution in [1.29, 1.82) is 0 Å². The normalized spacial score (nSPS) is 14.0. The number of hydrogen-bond acceptors (Lipinski definition) is 6. The highest BCUT2D eigenvalue weighted by molar-refractivity contribution is 5.90. The first-order valence-corrected chi connectivity index (χ1v) is 10.7. The summed E-state index contributed by atoms with van der Waals surface area (Å²) in [5.41, 5.74) is 11.3. The summed E-state index contributed by atoms with van der Waals surface area (Å²) in [5.74, 6) is 2.59. The van der Waals surface area contributed by atoms with E-state index in [0.29, 0.717) is 23.3 Å². The molecule has 0 amide bonds. The lowest BCUT2D eigenvalue weighted by Gasteiger charge is -1.95. The Balaban J connectivity index is 1.99. The van der Waals surface area contributed by atoms with Crippen LogP contribution in [0.3, 0.4) is 0 Å². The Morgan fingerprint density at radius 1 is 0.344 bits per heavy atom. The van der Waals surface area contributed by atoms with Crippen LogP contribution in [0.15, 0.2) is 0 Å². The van der Waals surface area contributed by atoms with E-state index in [1.165, 1.54) is 0 Å². The van der Waals surface area contributed by atoms with Gasteiger partial charge in [0.2, 0.25) is 0 Å². The minimum atomic E-state index is 0.639. The van der Waals surface area contributed by atoms with Gasteiger partial charge in [0.15, 0.2) is 23.3 Å². The maximum absolute atomic E-state index is 4.88. The number of rotatable bonds is 0. The number of aryl methyl sites for hydroxylation is 4. The van der Waals surface area contributed by atoms with Crippen LogP contribution in [0.5, 0.6) is 0 Å². The van der Waals surface area contributed by atoms with Crippen LogP contribution in [0.4, 0.5) is 0 Å². The third-order valence-corrected chi connectivity index (χ3v) is 6.78. The Hall–Kier alpha value is -3.68. The molecule has 3 aromatic rings. The minimum absolute atomic E-state index is 0.639. The number of hydrogen-bond donors (Lipinski definition) is 2. The first-order valence-electron chi connectivity index (χ1n) is 10.7. The highest BCUT2D eigenvalue weighted by atomic mass is 15.1. The van der Waals surface area contributed by atoms with E-state index in [0.717, 1.165) is 67.1 Å². The minimum Gasteiger partial charge on any atom is -0.324 e. The molecule has 0 radical (unpaired) electrons. The molecule has 162 valence electrons. The maximum atomic E-state index is 4.88. The number of aromatic nitrogens is 8. The Labute approximate surface area is 186 Å². The molecule has 0 fully saturated rings. The van der Waals surface area contributed by atoms with Crippen LogP contribution in [0, 0.1) is 27.7 Å². The van der Waals surface area contributed by atoms with Gasteiger partial charge in [0, 0.05) is 22.3 Å². The van der Waals surface area contributed by atoms with Crippen molar-refractivity contribution in [2.75, 3.05) is 0 Å². The van der Waals surface area contributed by atoms with Crippen LogP contribution in [-0.2, 0) is 0 Å². The van der Waals surface area contributed by atoms with E-state index in [2.05, 4.69) is 9.97 Å². The third-order valence-electron chi connectivity index (χ3n) is 6.78. The van der Waals surface area contributed by atoms with E-state index in [4.69, 9.17) is 29.9 Å². The van der Waals surface area contributed by atoms with Crippen LogP contribution in [-0.4, -0.2) is 39.9 Å². The van der Waals surface area contributed by atoms with Gasteiger partial charge in [0.1, 0.15) is 22.6 Å². The van der Waals surface area contributed by atoms with Crippen LogP contribution < -0.4 is 0 Å². The summed E-state index contributed by atoms with van der Waals surface area (Å²) in [7, 11) is 0. The highest BCUT2D eigenvalue weighted by Gasteiger charge is 2.20. The van der Waals surface area contributed by atoms with Crippen molar-refractivity contribution >= 4 is 44.9 Å². The lowest BCUT2D eigenvalue weighted by atomic mass is 10.1. The molecule has 8 heteroatoms. The van der Waals surface area contributed by atoms with E-state index in [1.54, 1.807) is 0 Å². The topological polar surface area (TPSA) is 109 Å². The van der Waals surface area contributed by atoms with Gasteiger partial charge in [0.25, 0.3) is 0 Å². The van der Waals surface area contributed by atoms with Crippen molar-refractivity contribution < 1.29 is 0 Å². The zero-order valence-corrected chi connectivity index (χ0v) is 19.7. The monoisotopic (exact) mass is 426 g/mol. The Morgan fingerprint density at radius 3 is 0.906 bits per heavy atom. The molecule has 2 aliphatic heterocycles. The van der Waals surface area contributed by atoms with Crippen LogP contribution >= 0.6 is 0 Å². The fourth-order valence-electron chi connectivity index (χ4n) is 3.82. The average Bonchev–Trinajstić information content (AvgIpc) is 3.37. The summed E-state index contributed by atoms with van der Waals surface area (Å²) in [6.07, 6.45) is 0. The van der Waals surface area contributed by atoms with Crippen LogP contribution in [0.1, 0.15) is 73.2 Å². The average molecular weight is 427 g/mol. The highest BCUT2D eigenvalue weighted by Crippen LogP contribution is 2.30. The molecule has 0 spiro atoms. The fourth-order valence-corrected chi connectivity index (χ4v) is 3.82. The van der Waals surface area contributed by atoms with Gasteiger partial charge in [-0.05, 0) is 77.6 Å². The molecule has 0 saturated heterocycles. The van der Waals surface area contributed by atoms with Crippen molar-refractivity contribution in [2.45, 2.75) is 55.4 Å². The maximum Gasteiger partial charge on any atom is 0.160 e.